The first kappa shape index (κ1) is 55.6. The van der Waals surface area contributed by atoms with Gasteiger partial charge >= 0.3 is 19.8 Å². The van der Waals surface area contributed by atoms with E-state index in [9.17, 15) is 44.6 Å². The van der Waals surface area contributed by atoms with Gasteiger partial charge in [0.25, 0.3) is 0 Å². The third-order valence-corrected chi connectivity index (χ3v) is 12.1. The van der Waals surface area contributed by atoms with Crippen molar-refractivity contribution >= 4 is 19.8 Å². The second-order valence-electron chi connectivity index (χ2n) is 16.6. The zero-order chi connectivity index (χ0) is 43.6. The average Bonchev–Trinajstić information content (AvgIpc) is 3.21. The van der Waals surface area contributed by atoms with Gasteiger partial charge in [-0.2, -0.15) is 0 Å². The second kappa shape index (κ2) is 36.1. The van der Waals surface area contributed by atoms with Crippen molar-refractivity contribution in [1.82, 2.24) is 0 Å². The zero-order valence-corrected chi connectivity index (χ0v) is 37.7. The van der Waals surface area contributed by atoms with E-state index < -0.39 is 75.7 Å². The molecular weight excluding hydrogens is 779 g/mol. The van der Waals surface area contributed by atoms with E-state index in [0.29, 0.717) is 12.8 Å². The molecule has 348 valence electrons. The molecule has 0 aromatic heterocycles. The summed E-state index contributed by atoms with van der Waals surface area (Å²) >= 11 is 0. The average molecular weight is 865 g/mol. The summed E-state index contributed by atoms with van der Waals surface area (Å²) in [6.07, 6.45) is 24.1. The summed E-state index contributed by atoms with van der Waals surface area (Å²) in [4.78, 5) is 35.7. The minimum Gasteiger partial charge on any atom is -0.462 e. The molecule has 0 saturated heterocycles. The molecule has 13 nitrogen and oxygen atoms in total. The molecule has 0 radical (unpaired) electrons. The van der Waals surface area contributed by atoms with Crippen LogP contribution in [0.4, 0.5) is 0 Å². The van der Waals surface area contributed by atoms with E-state index >= 15 is 0 Å². The lowest BCUT2D eigenvalue weighted by molar-refractivity contribution is -0.220. The molecule has 0 aliphatic heterocycles. The summed E-state index contributed by atoms with van der Waals surface area (Å²) in [6, 6.07) is 0. The topological polar surface area (TPSA) is 210 Å². The van der Waals surface area contributed by atoms with E-state index in [1.807, 2.05) is 0 Å². The molecule has 14 heteroatoms. The summed E-state index contributed by atoms with van der Waals surface area (Å²) in [6.45, 7) is 3.30. The van der Waals surface area contributed by atoms with Gasteiger partial charge in [-0.05, 0) is 38.5 Å². The lowest BCUT2D eigenvalue weighted by Gasteiger charge is -2.41. The smallest absolute Gasteiger partial charge is 0.462 e. The Balaban J connectivity index is 2.44. The first-order valence-electron chi connectivity index (χ1n) is 23.5. The quantitative estimate of drug-likeness (QED) is 0.0148. The highest BCUT2D eigenvalue weighted by molar-refractivity contribution is 7.47. The van der Waals surface area contributed by atoms with E-state index in [1.54, 1.807) is 0 Å². The van der Waals surface area contributed by atoms with E-state index in [4.69, 9.17) is 18.5 Å². The van der Waals surface area contributed by atoms with Gasteiger partial charge in [-0.3, -0.25) is 18.6 Å². The van der Waals surface area contributed by atoms with Crippen LogP contribution in [0.3, 0.4) is 0 Å². The van der Waals surface area contributed by atoms with Crippen LogP contribution >= 0.6 is 7.82 Å². The number of aliphatic hydroxyl groups is 5. The standard InChI is InChI=1S/C45H85O13P/c1-3-5-7-9-11-13-15-17-18-19-20-22-23-25-27-29-31-33-38(46)55-35-37(36-56-59(53,54)58-45-43(51)41(49)40(48)42(50)44(45)52)57-39(47)34-32-30-28-26-24-21-16-14-12-10-8-6-4-2/h17-18,37,40-45,48-52H,3-16,19-36H2,1-2H3,(H,53,54)/b18-17+/t37-,40?,41-,42?,43?,44?,45?/m0/s1. The zero-order valence-electron chi connectivity index (χ0n) is 36.8. The predicted molar refractivity (Wildman–Crippen MR) is 231 cm³/mol. The number of hydrogen-bond donors (Lipinski definition) is 6. The van der Waals surface area contributed by atoms with Crippen molar-refractivity contribution < 1.29 is 63.1 Å². The Morgan fingerprint density at radius 3 is 1.29 bits per heavy atom. The number of hydrogen-bond acceptors (Lipinski definition) is 12. The van der Waals surface area contributed by atoms with E-state index in [-0.39, 0.29) is 12.8 Å². The van der Waals surface area contributed by atoms with Crippen molar-refractivity contribution in [3.8, 4) is 0 Å². The molecule has 0 amide bonds. The molecule has 0 spiro atoms. The predicted octanol–water partition coefficient (Wildman–Crippen LogP) is 9.06. The minimum atomic E-state index is -5.11. The van der Waals surface area contributed by atoms with Gasteiger partial charge in [-0.1, -0.05) is 167 Å². The molecule has 0 aromatic carbocycles. The molecule has 1 rings (SSSR count). The number of aliphatic hydroxyl groups excluding tert-OH is 5. The first-order chi connectivity index (χ1) is 28.4. The maximum atomic E-state index is 12.8. The van der Waals surface area contributed by atoms with Crippen LogP contribution in [-0.2, 0) is 32.7 Å². The van der Waals surface area contributed by atoms with Crippen molar-refractivity contribution in [3.05, 3.63) is 12.2 Å². The number of ether oxygens (including phenoxy) is 2. The van der Waals surface area contributed by atoms with Gasteiger partial charge in [0.1, 0.15) is 43.2 Å². The number of esters is 2. The normalized spacial score (nSPS) is 22.4. The van der Waals surface area contributed by atoms with Crippen molar-refractivity contribution in [3.63, 3.8) is 0 Å². The monoisotopic (exact) mass is 865 g/mol. The maximum absolute atomic E-state index is 12.8. The van der Waals surface area contributed by atoms with E-state index in [0.717, 1.165) is 51.4 Å². The van der Waals surface area contributed by atoms with Crippen LogP contribution in [0.2, 0.25) is 0 Å². The maximum Gasteiger partial charge on any atom is 0.472 e. The molecule has 0 heterocycles. The Kier molecular flexibility index (Phi) is 34.0. The van der Waals surface area contributed by atoms with E-state index in [2.05, 4.69) is 26.0 Å². The van der Waals surface area contributed by atoms with Crippen LogP contribution in [0.25, 0.3) is 0 Å². The molecule has 1 aliphatic carbocycles. The summed E-state index contributed by atoms with van der Waals surface area (Å²) in [5.41, 5.74) is 0. The van der Waals surface area contributed by atoms with Crippen molar-refractivity contribution in [2.45, 2.75) is 249 Å². The lowest BCUT2D eigenvalue weighted by atomic mass is 9.85. The number of carbonyl (C=O) groups is 2. The van der Waals surface area contributed by atoms with Gasteiger partial charge in [0.2, 0.25) is 0 Å². The number of unbranched alkanes of at least 4 members (excludes halogenated alkanes) is 25. The molecule has 1 saturated carbocycles. The molecule has 6 N–H and O–H groups in total. The van der Waals surface area contributed by atoms with Gasteiger partial charge in [0, 0.05) is 12.8 Å². The molecule has 1 aliphatic rings. The van der Waals surface area contributed by atoms with Gasteiger partial charge < -0.3 is 39.9 Å². The van der Waals surface area contributed by atoms with Crippen molar-refractivity contribution in [1.29, 1.82) is 0 Å². The summed E-state index contributed by atoms with van der Waals surface area (Å²) < 4.78 is 33.5. The molecule has 8 atom stereocenters. The van der Waals surface area contributed by atoms with Gasteiger partial charge in [-0.25, -0.2) is 4.57 Å². The number of allylic oxidation sites excluding steroid dienone is 2. The van der Waals surface area contributed by atoms with Crippen LogP contribution in [0.1, 0.15) is 206 Å². The van der Waals surface area contributed by atoms with Crippen LogP contribution in [-0.4, -0.2) is 98.3 Å². The number of phosphoric ester groups is 1. The van der Waals surface area contributed by atoms with Crippen molar-refractivity contribution in [2.24, 2.45) is 0 Å². The Hall–Kier alpha value is -1.41. The third-order valence-electron chi connectivity index (χ3n) is 11.1. The van der Waals surface area contributed by atoms with Crippen molar-refractivity contribution in [2.75, 3.05) is 13.2 Å². The lowest BCUT2D eigenvalue weighted by Crippen LogP contribution is -2.64. The molecule has 6 unspecified atom stereocenters. The fourth-order valence-electron chi connectivity index (χ4n) is 7.28. The molecule has 59 heavy (non-hydrogen) atoms. The van der Waals surface area contributed by atoms with Crippen LogP contribution < -0.4 is 0 Å². The Bertz CT molecular complexity index is 1090. The highest BCUT2D eigenvalue weighted by Gasteiger charge is 2.51. The van der Waals surface area contributed by atoms with Gasteiger partial charge in [-0.15, -0.1) is 0 Å². The molecule has 0 bridgehead atoms. The number of phosphoric acid groups is 1. The van der Waals surface area contributed by atoms with Gasteiger partial charge in [0.05, 0.1) is 6.61 Å². The first-order valence-corrected chi connectivity index (χ1v) is 25.0. The number of carbonyl (C=O) groups excluding carboxylic acids is 2. The van der Waals surface area contributed by atoms with Gasteiger partial charge in [0.15, 0.2) is 6.10 Å². The molecule has 1 fully saturated rings. The molecular formula is C45H85O13P. The second-order valence-corrected chi connectivity index (χ2v) is 18.0. The Morgan fingerprint density at radius 2 is 0.864 bits per heavy atom. The summed E-state index contributed by atoms with van der Waals surface area (Å²) in [5.74, 6) is -1.09. The summed E-state index contributed by atoms with van der Waals surface area (Å²) in [5, 5.41) is 50.1. The Labute approximate surface area is 356 Å². The number of rotatable bonds is 39. The Morgan fingerprint density at radius 1 is 0.508 bits per heavy atom. The van der Waals surface area contributed by atoms with E-state index in [1.165, 1.54) is 116 Å². The summed E-state index contributed by atoms with van der Waals surface area (Å²) in [7, 11) is -5.11. The fraction of sp³-hybridized carbons (Fsp3) is 0.911. The van der Waals surface area contributed by atoms with Crippen LogP contribution in [0.5, 0.6) is 0 Å². The van der Waals surface area contributed by atoms with Crippen LogP contribution in [0, 0.1) is 0 Å². The third kappa shape index (κ3) is 28.7. The molecule has 0 aromatic rings. The fourth-order valence-corrected chi connectivity index (χ4v) is 8.26. The highest BCUT2D eigenvalue weighted by Crippen LogP contribution is 2.47. The largest absolute Gasteiger partial charge is 0.472 e. The highest BCUT2D eigenvalue weighted by atomic mass is 31.2. The van der Waals surface area contributed by atoms with Crippen LogP contribution in [0.15, 0.2) is 12.2 Å². The SMILES string of the molecule is CCCCCCCC/C=C/CCCCCCCCCC(=O)OC[C@@H](COP(=O)(O)OC1C(O)C(O)C(O)[C@H](O)C1O)OC(=O)CCCCCCCCCCCCCCC. The minimum absolute atomic E-state index is 0.101.